The van der Waals surface area contributed by atoms with Crippen LogP contribution in [-0.2, 0) is 6.54 Å². The maximum atomic E-state index is 9.37. The van der Waals surface area contributed by atoms with Crippen LogP contribution in [0.3, 0.4) is 0 Å². The van der Waals surface area contributed by atoms with Crippen molar-refractivity contribution in [1.29, 1.82) is 0 Å². The molecule has 1 N–H and O–H groups in total. The summed E-state index contributed by atoms with van der Waals surface area (Å²) >= 11 is 3.38. The molecule has 5 heteroatoms. The molecule has 0 saturated carbocycles. The van der Waals surface area contributed by atoms with Crippen molar-refractivity contribution in [2.24, 2.45) is 0 Å². The maximum absolute atomic E-state index is 9.37. The fourth-order valence-electron chi connectivity index (χ4n) is 1.85. The summed E-state index contributed by atoms with van der Waals surface area (Å²) in [6, 6.07) is 0. The Labute approximate surface area is 98.0 Å². The van der Waals surface area contributed by atoms with E-state index in [4.69, 9.17) is 0 Å². The molecule has 4 nitrogen and oxygen atoms in total. The van der Waals surface area contributed by atoms with Crippen molar-refractivity contribution < 1.29 is 5.11 Å². The summed E-state index contributed by atoms with van der Waals surface area (Å²) in [5.74, 6) is 0. The van der Waals surface area contributed by atoms with Gasteiger partial charge in [0.15, 0.2) is 0 Å². The highest BCUT2D eigenvalue weighted by Gasteiger charge is 2.16. The van der Waals surface area contributed by atoms with E-state index in [-0.39, 0.29) is 6.10 Å². The molecule has 1 aliphatic rings. The van der Waals surface area contributed by atoms with Crippen LogP contribution in [0.1, 0.15) is 12.8 Å². The van der Waals surface area contributed by atoms with Gasteiger partial charge in [0.2, 0.25) is 0 Å². The molecule has 84 valence electrons. The first-order chi connectivity index (χ1) is 7.24. The van der Waals surface area contributed by atoms with Crippen molar-refractivity contribution >= 4 is 15.9 Å². The molecule has 0 aliphatic carbocycles. The molecule has 0 spiro atoms. The van der Waals surface area contributed by atoms with Crippen LogP contribution in [-0.4, -0.2) is 45.5 Å². The van der Waals surface area contributed by atoms with Gasteiger partial charge < -0.3 is 10.0 Å². The van der Waals surface area contributed by atoms with E-state index in [2.05, 4.69) is 25.9 Å². The zero-order valence-corrected chi connectivity index (χ0v) is 10.2. The third-order valence-corrected chi connectivity index (χ3v) is 3.21. The number of hydrogen-bond donors (Lipinski definition) is 1. The maximum Gasteiger partial charge on any atom is 0.0632 e. The van der Waals surface area contributed by atoms with Crippen molar-refractivity contribution in [2.75, 3.05) is 19.6 Å². The largest absolute Gasteiger partial charge is 0.393 e. The summed E-state index contributed by atoms with van der Waals surface area (Å²) in [7, 11) is 0. The summed E-state index contributed by atoms with van der Waals surface area (Å²) < 4.78 is 2.96. The van der Waals surface area contributed by atoms with Crippen molar-refractivity contribution in [3.63, 3.8) is 0 Å². The zero-order valence-electron chi connectivity index (χ0n) is 8.64. The predicted octanol–water partition coefficient (Wildman–Crippen LogP) is 1.10. The number of likely N-dealkylation sites (tertiary alicyclic amines) is 1. The molecule has 1 aromatic rings. The number of halogens is 1. The van der Waals surface area contributed by atoms with E-state index in [1.165, 1.54) is 0 Å². The van der Waals surface area contributed by atoms with E-state index < -0.39 is 0 Å². The third-order valence-electron chi connectivity index (χ3n) is 2.80. The average Bonchev–Trinajstić information content (AvgIpc) is 2.64. The van der Waals surface area contributed by atoms with Gasteiger partial charge in [0.05, 0.1) is 23.3 Å². The van der Waals surface area contributed by atoms with Gasteiger partial charge in [-0.25, -0.2) is 0 Å². The first-order valence-electron chi connectivity index (χ1n) is 5.32. The Balaban J connectivity index is 1.74. The first kappa shape index (κ1) is 11.1. The molecule has 1 aliphatic heterocycles. The Kier molecular flexibility index (Phi) is 3.77. The van der Waals surface area contributed by atoms with Crippen molar-refractivity contribution in [1.82, 2.24) is 14.7 Å². The second-order valence-corrected chi connectivity index (χ2v) is 4.91. The highest BCUT2D eigenvalue weighted by Crippen LogP contribution is 2.10. The average molecular weight is 274 g/mol. The highest BCUT2D eigenvalue weighted by atomic mass is 79.9. The third kappa shape index (κ3) is 3.29. The van der Waals surface area contributed by atoms with Crippen LogP contribution in [0.2, 0.25) is 0 Å². The minimum absolute atomic E-state index is 0.0832. The van der Waals surface area contributed by atoms with Crippen LogP contribution in [0.25, 0.3) is 0 Å². The number of hydrogen-bond acceptors (Lipinski definition) is 3. The van der Waals surface area contributed by atoms with Gasteiger partial charge in [-0.2, -0.15) is 5.10 Å². The summed E-state index contributed by atoms with van der Waals surface area (Å²) in [5, 5.41) is 13.6. The highest BCUT2D eigenvalue weighted by molar-refractivity contribution is 9.10. The molecule has 2 heterocycles. The van der Waals surface area contributed by atoms with Crippen LogP contribution in [0.4, 0.5) is 0 Å². The Morgan fingerprint density at radius 1 is 1.40 bits per heavy atom. The van der Waals surface area contributed by atoms with E-state index in [0.717, 1.165) is 43.5 Å². The molecule has 0 unspecified atom stereocenters. The van der Waals surface area contributed by atoms with Gasteiger partial charge in [0, 0.05) is 25.8 Å². The molecule has 15 heavy (non-hydrogen) atoms. The molecule has 0 bridgehead atoms. The molecular formula is C10H16BrN3O. The summed E-state index contributed by atoms with van der Waals surface area (Å²) in [6.45, 7) is 3.94. The normalized spacial score (nSPS) is 19.6. The second kappa shape index (κ2) is 5.09. The van der Waals surface area contributed by atoms with Gasteiger partial charge in [-0.05, 0) is 28.8 Å². The molecule has 1 saturated heterocycles. The second-order valence-electron chi connectivity index (χ2n) is 3.99. The lowest BCUT2D eigenvalue weighted by molar-refractivity contribution is 0.0805. The van der Waals surface area contributed by atoms with E-state index in [1.807, 2.05) is 10.9 Å². The van der Waals surface area contributed by atoms with Crippen LogP contribution < -0.4 is 0 Å². The van der Waals surface area contributed by atoms with E-state index in [1.54, 1.807) is 6.20 Å². The molecule has 0 aromatic carbocycles. The van der Waals surface area contributed by atoms with Crippen molar-refractivity contribution in [3.05, 3.63) is 16.9 Å². The summed E-state index contributed by atoms with van der Waals surface area (Å²) in [5.41, 5.74) is 0. The lowest BCUT2D eigenvalue weighted by Gasteiger charge is -2.29. The monoisotopic (exact) mass is 273 g/mol. The number of piperidine rings is 1. The molecule has 0 amide bonds. The number of aliphatic hydroxyl groups excluding tert-OH is 1. The lowest BCUT2D eigenvalue weighted by Crippen LogP contribution is -2.37. The van der Waals surface area contributed by atoms with Crippen LogP contribution in [0, 0.1) is 0 Å². The smallest absolute Gasteiger partial charge is 0.0632 e. The molecule has 1 fully saturated rings. The van der Waals surface area contributed by atoms with E-state index in [9.17, 15) is 5.11 Å². The molecule has 1 aromatic heterocycles. The lowest BCUT2D eigenvalue weighted by atomic mass is 10.1. The standard InChI is InChI=1S/C10H16BrN3O/c11-9-7-12-14(8-9)6-5-13-3-1-10(15)2-4-13/h7-8,10,15H,1-6H2. The minimum Gasteiger partial charge on any atom is -0.393 e. The van der Waals surface area contributed by atoms with Crippen LogP contribution in [0.5, 0.6) is 0 Å². The number of nitrogens with zero attached hydrogens (tertiary/aromatic N) is 3. The fourth-order valence-corrected chi connectivity index (χ4v) is 2.18. The van der Waals surface area contributed by atoms with Crippen LogP contribution in [0.15, 0.2) is 16.9 Å². The topological polar surface area (TPSA) is 41.3 Å². The van der Waals surface area contributed by atoms with Gasteiger partial charge in [0.25, 0.3) is 0 Å². The summed E-state index contributed by atoms with van der Waals surface area (Å²) in [6.07, 6.45) is 5.52. The Bertz CT molecular complexity index is 307. The van der Waals surface area contributed by atoms with Gasteiger partial charge >= 0.3 is 0 Å². The zero-order chi connectivity index (χ0) is 10.7. The number of aliphatic hydroxyl groups is 1. The first-order valence-corrected chi connectivity index (χ1v) is 6.12. The molecule has 0 atom stereocenters. The van der Waals surface area contributed by atoms with Crippen LogP contribution >= 0.6 is 15.9 Å². The quantitative estimate of drug-likeness (QED) is 0.897. The predicted molar refractivity (Wildman–Crippen MR) is 61.6 cm³/mol. The Morgan fingerprint density at radius 3 is 2.73 bits per heavy atom. The molecule has 0 radical (unpaired) electrons. The fraction of sp³-hybridized carbons (Fsp3) is 0.700. The minimum atomic E-state index is -0.0832. The Morgan fingerprint density at radius 2 is 2.13 bits per heavy atom. The SMILES string of the molecule is OC1CCN(CCn2cc(Br)cn2)CC1. The summed E-state index contributed by atoms with van der Waals surface area (Å²) in [4.78, 5) is 2.38. The molecular weight excluding hydrogens is 258 g/mol. The molecule has 2 rings (SSSR count). The van der Waals surface area contributed by atoms with E-state index >= 15 is 0 Å². The number of rotatable bonds is 3. The number of aromatic nitrogens is 2. The van der Waals surface area contributed by atoms with Gasteiger partial charge in [-0.1, -0.05) is 0 Å². The van der Waals surface area contributed by atoms with Gasteiger partial charge in [-0.15, -0.1) is 0 Å². The van der Waals surface area contributed by atoms with Crippen molar-refractivity contribution in [3.8, 4) is 0 Å². The van der Waals surface area contributed by atoms with Gasteiger partial charge in [0.1, 0.15) is 0 Å². The van der Waals surface area contributed by atoms with Crippen molar-refractivity contribution in [2.45, 2.75) is 25.5 Å². The van der Waals surface area contributed by atoms with E-state index in [0.29, 0.717) is 0 Å². The van der Waals surface area contributed by atoms with Gasteiger partial charge in [-0.3, -0.25) is 4.68 Å². The Hall–Kier alpha value is -0.390.